The highest BCUT2D eigenvalue weighted by Gasteiger charge is 2.27. The summed E-state index contributed by atoms with van der Waals surface area (Å²) in [7, 11) is 0. The van der Waals surface area contributed by atoms with E-state index < -0.39 is 0 Å². The molecule has 2 aliphatic carbocycles. The third-order valence-corrected chi connectivity index (χ3v) is 5.63. The summed E-state index contributed by atoms with van der Waals surface area (Å²) in [5.74, 6) is 6.88. The molecule has 1 nitrogen and oxygen atoms in total. The summed E-state index contributed by atoms with van der Waals surface area (Å²) in [5.41, 5.74) is 2.46. The van der Waals surface area contributed by atoms with Crippen molar-refractivity contribution in [2.45, 2.75) is 83.2 Å². The van der Waals surface area contributed by atoms with E-state index in [1.54, 1.807) is 0 Å². The monoisotopic (exact) mass is 309 g/mol. The molecule has 0 saturated heterocycles. The maximum atomic E-state index is 3.49. The van der Waals surface area contributed by atoms with E-state index in [1.165, 1.54) is 69.8 Å². The Morgan fingerprint density at radius 1 is 0.826 bits per heavy atom. The molecule has 2 fully saturated rings. The van der Waals surface area contributed by atoms with Crippen LogP contribution in [0, 0.1) is 18.8 Å². The maximum absolute atomic E-state index is 3.49. The molecule has 2 aliphatic rings. The zero-order valence-electron chi connectivity index (χ0n) is 14.7. The van der Waals surface area contributed by atoms with Gasteiger partial charge in [0.05, 0.1) is 6.54 Å². The molecule has 0 unspecified atom stereocenters. The van der Waals surface area contributed by atoms with Crippen LogP contribution in [0.5, 0.6) is 0 Å². The molecule has 0 bridgehead atoms. The van der Waals surface area contributed by atoms with E-state index in [2.05, 4.69) is 47.9 Å². The summed E-state index contributed by atoms with van der Waals surface area (Å²) in [4.78, 5) is 2.78. The molecule has 0 aliphatic heterocycles. The summed E-state index contributed by atoms with van der Waals surface area (Å²) in [6.07, 6.45) is 14.1. The zero-order valence-corrected chi connectivity index (χ0v) is 14.7. The Balaban J connectivity index is 1.66. The minimum atomic E-state index is 0.791. The second-order valence-corrected chi connectivity index (χ2v) is 7.42. The van der Waals surface area contributed by atoms with Crippen LogP contribution in [-0.2, 0) is 0 Å². The number of hydrogen-bond acceptors (Lipinski definition) is 1. The molecule has 2 saturated carbocycles. The third-order valence-electron chi connectivity index (χ3n) is 5.63. The normalized spacial score (nSPS) is 20.3. The second kappa shape index (κ2) is 8.55. The van der Waals surface area contributed by atoms with Crippen LogP contribution in [0.1, 0.15) is 75.3 Å². The average Bonchev–Trinajstić information content (AvgIpc) is 2.62. The van der Waals surface area contributed by atoms with Crippen molar-refractivity contribution in [3.05, 3.63) is 35.4 Å². The summed E-state index contributed by atoms with van der Waals surface area (Å²) in [6, 6.07) is 10.2. The SMILES string of the molecule is Cc1ccc(C#CCN(C2CCCCC2)C2CCCCC2)cc1. The third kappa shape index (κ3) is 4.85. The van der Waals surface area contributed by atoms with Gasteiger partial charge in [-0.2, -0.15) is 0 Å². The Morgan fingerprint density at radius 3 is 1.87 bits per heavy atom. The van der Waals surface area contributed by atoms with Crippen LogP contribution in [0.2, 0.25) is 0 Å². The van der Waals surface area contributed by atoms with Crippen LogP contribution < -0.4 is 0 Å². The number of aryl methyl sites for hydroxylation is 1. The summed E-state index contributed by atoms with van der Waals surface area (Å²) in [6.45, 7) is 3.09. The predicted octanol–water partition coefficient (Wildman–Crippen LogP) is 5.31. The average molecular weight is 309 g/mol. The van der Waals surface area contributed by atoms with Gasteiger partial charge in [-0.3, -0.25) is 4.90 Å². The minimum Gasteiger partial charge on any atom is -0.286 e. The number of hydrogen-bond donors (Lipinski definition) is 0. The van der Waals surface area contributed by atoms with E-state index in [-0.39, 0.29) is 0 Å². The Morgan fingerprint density at radius 2 is 1.35 bits per heavy atom. The van der Waals surface area contributed by atoms with Gasteiger partial charge in [-0.1, -0.05) is 68.1 Å². The minimum absolute atomic E-state index is 0.791. The molecule has 0 atom stereocenters. The van der Waals surface area contributed by atoms with Gasteiger partial charge in [0.2, 0.25) is 0 Å². The topological polar surface area (TPSA) is 3.24 Å². The first-order valence-corrected chi connectivity index (χ1v) is 9.64. The molecule has 0 radical (unpaired) electrons. The van der Waals surface area contributed by atoms with Crippen molar-refractivity contribution < 1.29 is 0 Å². The van der Waals surface area contributed by atoms with Gasteiger partial charge in [-0.05, 0) is 44.7 Å². The lowest BCUT2D eigenvalue weighted by Crippen LogP contribution is -2.45. The fraction of sp³-hybridized carbons (Fsp3) is 0.636. The van der Waals surface area contributed by atoms with E-state index in [0.717, 1.165) is 24.2 Å². The molecule has 3 rings (SSSR count). The van der Waals surface area contributed by atoms with Crippen LogP contribution in [-0.4, -0.2) is 23.5 Å². The van der Waals surface area contributed by atoms with Crippen LogP contribution in [0.15, 0.2) is 24.3 Å². The van der Waals surface area contributed by atoms with Gasteiger partial charge in [-0.15, -0.1) is 0 Å². The summed E-state index contributed by atoms with van der Waals surface area (Å²) < 4.78 is 0. The van der Waals surface area contributed by atoms with E-state index in [0.29, 0.717) is 0 Å². The van der Waals surface area contributed by atoms with Crippen molar-refractivity contribution in [3.63, 3.8) is 0 Å². The quantitative estimate of drug-likeness (QED) is 0.684. The van der Waals surface area contributed by atoms with Crippen molar-refractivity contribution in [2.75, 3.05) is 6.54 Å². The van der Waals surface area contributed by atoms with Crippen molar-refractivity contribution in [1.29, 1.82) is 0 Å². The first-order valence-electron chi connectivity index (χ1n) is 9.64. The summed E-state index contributed by atoms with van der Waals surface area (Å²) in [5, 5.41) is 0. The first kappa shape index (κ1) is 16.6. The molecule has 0 amide bonds. The molecule has 0 aromatic heterocycles. The number of rotatable bonds is 3. The molecular weight excluding hydrogens is 278 g/mol. The molecule has 0 heterocycles. The molecule has 0 spiro atoms. The predicted molar refractivity (Wildman–Crippen MR) is 98.5 cm³/mol. The van der Waals surface area contributed by atoms with Gasteiger partial charge in [0.25, 0.3) is 0 Å². The van der Waals surface area contributed by atoms with Gasteiger partial charge < -0.3 is 0 Å². The fourth-order valence-corrected chi connectivity index (χ4v) is 4.25. The van der Waals surface area contributed by atoms with E-state index >= 15 is 0 Å². The van der Waals surface area contributed by atoms with Crippen molar-refractivity contribution in [1.82, 2.24) is 4.90 Å². The molecule has 1 aromatic carbocycles. The van der Waals surface area contributed by atoms with Crippen molar-refractivity contribution in [2.24, 2.45) is 0 Å². The standard InChI is InChI=1S/C22H31N/c1-19-14-16-20(17-15-19)9-8-18-23(21-10-4-2-5-11-21)22-12-6-3-7-13-22/h14-17,21-22H,2-7,10-13,18H2,1H3. The van der Waals surface area contributed by atoms with E-state index in [1.807, 2.05) is 0 Å². The van der Waals surface area contributed by atoms with Gasteiger partial charge in [0.15, 0.2) is 0 Å². The van der Waals surface area contributed by atoms with Gasteiger partial charge in [-0.25, -0.2) is 0 Å². The molecular formula is C22H31N. The largest absolute Gasteiger partial charge is 0.286 e. The van der Waals surface area contributed by atoms with Gasteiger partial charge >= 0.3 is 0 Å². The number of nitrogens with zero attached hydrogens (tertiary/aromatic N) is 1. The molecule has 1 heteroatoms. The second-order valence-electron chi connectivity index (χ2n) is 7.42. The summed E-state index contributed by atoms with van der Waals surface area (Å²) >= 11 is 0. The number of benzene rings is 1. The van der Waals surface area contributed by atoms with Crippen LogP contribution in [0.3, 0.4) is 0 Å². The lowest BCUT2D eigenvalue weighted by Gasteiger charge is -2.40. The Hall–Kier alpha value is -1.26. The lowest BCUT2D eigenvalue weighted by molar-refractivity contribution is 0.0961. The lowest BCUT2D eigenvalue weighted by atomic mass is 9.88. The molecule has 124 valence electrons. The van der Waals surface area contributed by atoms with E-state index in [9.17, 15) is 0 Å². The molecule has 1 aromatic rings. The Kier molecular flexibility index (Phi) is 6.17. The fourth-order valence-electron chi connectivity index (χ4n) is 4.25. The van der Waals surface area contributed by atoms with E-state index in [4.69, 9.17) is 0 Å². The first-order chi connectivity index (χ1) is 11.3. The van der Waals surface area contributed by atoms with Gasteiger partial charge in [0.1, 0.15) is 0 Å². The molecule has 23 heavy (non-hydrogen) atoms. The Bertz CT molecular complexity index is 503. The van der Waals surface area contributed by atoms with Crippen molar-refractivity contribution >= 4 is 0 Å². The Labute approximate surface area is 142 Å². The smallest absolute Gasteiger partial charge is 0.0610 e. The highest BCUT2D eigenvalue weighted by atomic mass is 15.2. The van der Waals surface area contributed by atoms with Crippen molar-refractivity contribution in [3.8, 4) is 11.8 Å². The van der Waals surface area contributed by atoms with Crippen LogP contribution >= 0.6 is 0 Å². The highest BCUT2D eigenvalue weighted by molar-refractivity contribution is 5.36. The zero-order chi connectivity index (χ0) is 15.9. The van der Waals surface area contributed by atoms with Gasteiger partial charge in [0, 0.05) is 17.6 Å². The molecule has 0 N–H and O–H groups in total. The highest BCUT2D eigenvalue weighted by Crippen LogP contribution is 2.29. The van der Waals surface area contributed by atoms with Crippen LogP contribution in [0.4, 0.5) is 0 Å². The van der Waals surface area contributed by atoms with Crippen LogP contribution in [0.25, 0.3) is 0 Å². The maximum Gasteiger partial charge on any atom is 0.0610 e.